The van der Waals surface area contributed by atoms with Gasteiger partial charge in [-0.05, 0) is 24.6 Å². The fourth-order valence-electron chi connectivity index (χ4n) is 3.44. The Morgan fingerprint density at radius 2 is 1.77 bits per heavy atom. The molecule has 30 heavy (non-hydrogen) atoms. The van der Waals surface area contributed by atoms with Gasteiger partial charge in [0, 0.05) is 43.5 Å². The number of nitrogens with one attached hydrogen (secondary N) is 1. The first-order valence-corrected chi connectivity index (χ1v) is 8.89. The van der Waals surface area contributed by atoms with E-state index in [4.69, 9.17) is 0 Å². The van der Waals surface area contributed by atoms with Gasteiger partial charge in [0.15, 0.2) is 0 Å². The van der Waals surface area contributed by atoms with Gasteiger partial charge < -0.3 is 20.3 Å². The van der Waals surface area contributed by atoms with E-state index in [-0.39, 0.29) is 42.9 Å². The topological polar surface area (TPSA) is 77.9 Å². The van der Waals surface area contributed by atoms with Crippen molar-refractivity contribution in [3.05, 3.63) is 52.8 Å². The number of aryl methyl sites for hydroxylation is 1. The number of pyridine rings is 1. The monoisotopic (exact) mass is 469 g/mol. The van der Waals surface area contributed by atoms with Crippen LogP contribution in [-0.4, -0.2) is 52.6 Å². The van der Waals surface area contributed by atoms with Gasteiger partial charge in [0.1, 0.15) is 11.5 Å². The van der Waals surface area contributed by atoms with Crippen LogP contribution < -0.4 is 10.1 Å². The highest BCUT2D eigenvalue weighted by Gasteiger charge is 2.32. The molecule has 1 fully saturated rings. The average molecular weight is 470 g/mol. The van der Waals surface area contributed by atoms with Crippen LogP contribution in [0.15, 0.2) is 30.5 Å². The molecule has 0 amide bonds. The van der Waals surface area contributed by atoms with Gasteiger partial charge in [-0.1, -0.05) is 12.1 Å². The molecular formula is C19H24Cl2F3N3O3. The van der Waals surface area contributed by atoms with E-state index in [2.05, 4.69) is 19.9 Å². The van der Waals surface area contributed by atoms with Crippen LogP contribution in [0.5, 0.6) is 11.5 Å². The van der Waals surface area contributed by atoms with Gasteiger partial charge in [0.2, 0.25) is 0 Å². The molecule has 0 saturated carbocycles. The molecule has 3 N–H and O–H groups in total. The predicted molar refractivity (Wildman–Crippen MR) is 110 cm³/mol. The van der Waals surface area contributed by atoms with Crippen molar-refractivity contribution >= 4 is 24.8 Å². The standard InChI is InChI=1S/C19H22F3N3O3.2ClH/c1-12-18(27)16(14(11-26)10-24-12)17(25-8-6-23-7-9-25)13-2-4-15(5-3-13)28-19(20,21)22;;/h2-5,10,17,23,26-27H,6-9,11H2,1H3;2*1H/t17-;;/m1../s1. The molecule has 0 unspecified atom stereocenters. The lowest BCUT2D eigenvalue weighted by atomic mass is 9.92. The van der Waals surface area contributed by atoms with Gasteiger partial charge in [0.25, 0.3) is 0 Å². The van der Waals surface area contributed by atoms with Gasteiger partial charge >= 0.3 is 6.36 Å². The minimum Gasteiger partial charge on any atom is -0.506 e. The fourth-order valence-corrected chi connectivity index (χ4v) is 3.44. The molecule has 0 bridgehead atoms. The SMILES string of the molecule is Cc1ncc(CO)c([C@@H](c2ccc(OC(F)(F)F)cc2)N2CCNCC2)c1O.Cl.Cl. The maximum absolute atomic E-state index is 12.4. The van der Waals surface area contributed by atoms with E-state index in [1.54, 1.807) is 19.1 Å². The maximum Gasteiger partial charge on any atom is 0.573 e. The summed E-state index contributed by atoms with van der Waals surface area (Å²) < 4.78 is 41.3. The molecule has 168 valence electrons. The number of piperazine rings is 1. The molecule has 1 saturated heterocycles. The van der Waals surface area contributed by atoms with Crippen molar-refractivity contribution in [3.63, 3.8) is 0 Å². The minimum absolute atomic E-state index is 0. The van der Waals surface area contributed by atoms with Crippen LogP contribution in [0, 0.1) is 6.92 Å². The first kappa shape index (κ1) is 26.3. The number of aromatic hydroxyl groups is 1. The highest BCUT2D eigenvalue weighted by Crippen LogP contribution is 2.38. The Bertz CT molecular complexity index is 817. The van der Waals surface area contributed by atoms with E-state index < -0.39 is 12.4 Å². The van der Waals surface area contributed by atoms with E-state index in [0.29, 0.717) is 35.5 Å². The summed E-state index contributed by atoms with van der Waals surface area (Å²) in [5.41, 5.74) is 2.10. The zero-order chi connectivity index (χ0) is 20.3. The minimum atomic E-state index is -4.76. The molecule has 0 aliphatic carbocycles. The van der Waals surface area contributed by atoms with Crippen LogP contribution in [0.2, 0.25) is 0 Å². The first-order chi connectivity index (χ1) is 13.3. The zero-order valence-corrected chi connectivity index (χ0v) is 17.8. The van der Waals surface area contributed by atoms with E-state index in [1.807, 2.05) is 0 Å². The van der Waals surface area contributed by atoms with Gasteiger partial charge in [-0.25, -0.2) is 0 Å². The number of nitrogens with zero attached hydrogens (tertiary/aromatic N) is 2. The van der Waals surface area contributed by atoms with Crippen LogP contribution in [0.4, 0.5) is 13.2 Å². The van der Waals surface area contributed by atoms with Crippen molar-refractivity contribution in [2.75, 3.05) is 26.2 Å². The van der Waals surface area contributed by atoms with Crippen LogP contribution in [0.25, 0.3) is 0 Å². The van der Waals surface area contributed by atoms with E-state index >= 15 is 0 Å². The van der Waals surface area contributed by atoms with Crippen molar-refractivity contribution in [1.29, 1.82) is 0 Å². The van der Waals surface area contributed by atoms with Crippen molar-refractivity contribution in [2.24, 2.45) is 0 Å². The zero-order valence-electron chi connectivity index (χ0n) is 16.1. The van der Waals surface area contributed by atoms with Crippen LogP contribution in [-0.2, 0) is 6.61 Å². The number of halogens is 5. The molecule has 1 aliphatic heterocycles. The molecule has 2 heterocycles. The smallest absolute Gasteiger partial charge is 0.506 e. The highest BCUT2D eigenvalue weighted by atomic mass is 35.5. The quantitative estimate of drug-likeness (QED) is 0.623. The van der Waals surface area contributed by atoms with Crippen LogP contribution in [0.3, 0.4) is 0 Å². The third-order valence-corrected chi connectivity index (χ3v) is 4.75. The number of aliphatic hydroxyl groups is 1. The predicted octanol–water partition coefficient (Wildman–Crippen LogP) is 3.32. The summed E-state index contributed by atoms with van der Waals surface area (Å²) in [5.74, 6) is -0.335. The number of hydrogen-bond acceptors (Lipinski definition) is 6. The molecule has 3 rings (SSSR count). The molecule has 1 aliphatic rings. The number of aromatic nitrogens is 1. The van der Waals surface area contributed by atoms with Crippen molar-refractivity contribution in [2.45, 2.75) is 25.9 Å². The summed E-state index contributed by atoms with van der Waals surface area (Å²) >= 11 is 0. The Kier molecular flexibility index (Phi) is 9.64. The van der Waals surface area contributed by atoms with Gasteiger partial charge in [0.05, 0.1) is 18.3 Å². The number of hydrogen-bond donors (Lipinski definition) is 3. The van der Waals surface area contributed by atoms with Crippen molar-refractivity contribution in [1.82, 2.24) is 15.2 Å². The third kappa shape index (κ3) is 6.12. The van der Waals surface area contributed by atoms with Gasteiger partial charge in [-0.3, -0.25) is 9.88 Å². The molecule has 0 radical (unpaired) electrons. The molecule has 1 aromatic heterocycles. The Morgan fingerprint density at radius 3 is 2.30 bits per heavy atom. The summed E-state index contributed by atoms with van der Waals surface area (Å²) in [5, 5.41) is 23.7. The lowest BCUT2D eigenvalue weighted by Crippen LogP contribution is -2.45. The normalized spacial score (nSPS) is 15.6. The largest absolute Gasteiger partial charge is 0.573 e. The van der Waals surface area contributed by atoms with E-state index in [9.17, 15) is 23.4 Å². The number of ether oxygens (including phenoxy) is 1. The molecule has 2 aromatic rings. The number of alkyl halides is 3. The number of benzene rings is 1. The van der Waals surface area contributed by atoms with Crippen molar-refractivity contribution in [3.8, 4) is 11.5 Å². The molecule has 0 spiro atoms. The van der Waals surface area contributed by atoms with Crippen LogP contribution >= 0.6 is 24.8 Å². The van der Waals surface area contributed by atoms with Crippen molar-refractivity contribution < 1.29 is 28.1 Å². The Labute approximate surface area is 184 Å². The molecular weight excluding hydrogens is 446 g/mol. The second kappa shape index (κ2) is 11.0. The lowest BCUT2D eigenvalue weighted by Gasteiger charge is -2.36. The second-order valence-electron chi connectivity index (χ2n) is 6.59. The van der Waals surface area contributed by atoms with E-state index in [1.165, 1.54) is 18.3 Å². The van der Waals surface area contributed by atoms with E-state index in [0.717, 1.165) is 13.1 Å². The second-order valence-corrected chi connectivity index (χ2v) is 6.59. The number of rotatable bonds is 5. The molecule has 1 aromatic carbocycles. The summed E-state index contributed by atoms with van der Waals surface area (Å²) in [6.45, 7) is 4.19. The maximum atomic E-state index is 12.4. The average Bonchev–Trinajstić information content (AvgIpc) is 2.66. The Morgan fingerprint density at radius 1 is 1.17 bits per heavy atom. The summed E-state index contributed by atoms with van der Waals surface area (Å²) in [6, 6.07) is 5.16. The fraction of sp³-hybridized carbons (Fsp3) is 0.421. The highest BCUT2D eigenvalue weighted by molar-refractivity contribution is 5.85. The van der Waals surface area contributed by atoms with Crippen LogP contribution in [0.1, 0.15) is 28.4 Å². The summed E-state index contributed by atoms with van der Waals surface area (Å²) in [4.78, 5) is 6.21. The Hall–Kier alpha value is -1.78. The molecule has 6 nitrogen and oxygen atoms in total. The number of aliphatic hydroxyl groups excluding tert-OH is 1. The molecule has 1 atom stereocenters. The lowest BCUT2D eigenvalue weighted by molar-refractivity contribution is -0.274. The third-order valence-electron chi connectivity index (χ3n) is 4.75. The molecule has 11 heteroatoms. The Balaban J connectivity index is 0.00000225. The van der Waals surface area contributed by atoms with Gasteiger partial charge in [-0.15, -0.1) is 38.0 Å². The first-order valence-electron chi connectivity index (χ1n) is 8.89. The summed E-state index contributed by atoms with van der Waals surface area (Å²) in [7, 11) is 0. The van der Waals surface area contributed by atoms with Gasteiger partial charge in [-0.2, -0.15) is 0 Å². The summed E-state index contributed by atoms with van der Waals surface area (Å²) in [6.07, 6.45) is -3.25.